The van der Waals surface area contributed by atoms with Crippen molar-refractivity contribution >= 4 is 18.0 Å². The largest absolute Gasteiger partial charge is 0.480 e. The van der Waals surface area contributed by atoms with Crippen molar-refractivity contribution in [2.45, 2.75) is 31.3 Å². The molecule has 3 rings (SSSR count). The lowest BCUT2D eigenvalue weighted by Gasteiger charge is -2.22. The van der Waals surface area contributed by atoms with Gasteiger partial charge in [0.2, 0.25) is 5.91 Å². The number of hydrogen-bond acceptors (Lipinski definition) is 5. The highest BCUT2D eigenvalue weighted by Gasteiger charge is 2.30. The third kappa shape index (κ3) is 5.26. The Bertz CT molecular complexity index is 946. The van der Waals surface area contributed by atoms with Gasteiger partial charge in [-0.25, -0.2) is 9.59 Å². The Hall–Kier alpha value is -3.39. The number of hydrogen-bond donors (Lipinski definition) is 3. The van der Waals surface area contributed by atoms with Gasteiger partial charge in [-0.2, -0.15) is 0 Å². The van der Waals surface area contributed by atoms with Gasteiger partial charge in [0.25, 0.3) is 0 Å². The summed E-state index contributed by atoms with van der Waals surface area (Å²) in [6.07, 6.45) is -0.419. The number of aliphatic carboxylic acids is 1. The van der Waals surface area contributed by atoms with Crippen LogP contribution in [0.2, 0.25) is 0 Å². The quantitative estimate of drug-likeness (QED) is 0.554. The van der Waals surface area contributed by atoms with Crippen LogP contribution in [0.25, 0.3) is 11.1 Å². The minimum atomic E-state index is -1.14. The molecule has 2 amide bonds. The molecule has 3 N–H and O–H groups in total. The maximum atomic E-state index is 12.5. The van der Waals surface area contributed by atoms with Crippen LogP contribution in [0, 0.1) is 0 Å². The molecule has 0 heterocycles. The number of ether oxygens (including phenoxy) is 1. The van der Waals surface area contributed by atoms with Crippen LogP contribution in [0.4, 0.5) is 4.79 Å². The average Bonchev–Trinajstić information content (AvgIpc) is 3.09. The fraction of sp³-hybridized carbons (Fsp3) is 0.375. The molecule has 0 aromatic heterocycles. The summed E-state index contributed by atoms with van der Waals surface area (Å²) in [5, 5.41) is 14.4. The third-order valence-corrected chi connectivity index (χ3v) is 5.52. The number of alkyl carbamates (subject to hydrolysis) is 1. The minimum Gasteiger partial charge on any atom is -0.480 e. The molecule has 2 atom stereocenters. The second-order valence-corrected chi connectivity index (χ2v) is 8.09. The van der Waals surface area contributed by atoms with Crippen LogP contribution < -0.4 is 10.6 Å². The van der Waals surface area contributed by atoms with Crippen molar-refractivity contribution in [1.29, 1.82) is 0 Å². The standard InChI is InChI=1S/C24H29N3O5/c1-4-20(22(28)25-21(23(29)30)13-27(2)3)26-24(31)32-14-19-17-11-7-5-9-15(17)16-10-6-8-12-18(16)19/h5-12,19-21H,4,13-14H2,1-3H3,(H,25,28)(H,26,31)(H,29,30)/t20-,21?/m0/s1. The molecule has 0 fully saturated rings. The van der Waals surface area contributed by atoms with Gasteiger partial charge in [0.1, 0.15) is 18.7 Å². The van der Waals surface area contributed by atoms with E-state index in [0.29, 0.717) is 6.42 Å². The molecule has 1 aliphatic carbocycles. The first-order valence-corrected chi connectivity index (χ1v) is 10.6. The van der Waals surface area contributed by atoms with Gasteiger partial charge in [0, 0.05) is 12.5 Å². The van der Waals surface area contributed by atoms with Crippen molar-refractivity contribution in [2.75, 3.05) is 27.2 Å². The van der Waals surface area contributed by atoms with E-state index in [-0.39, 0.29) is 19.1 Å². The maximum absolute atomic E-state index is 12.5. The van der Waals surface area contributed by atoms with Gasteiger partial charge < -0.3 is 25.4 Å². The predicted octanol–water partition coefficient (Wildman–Crippen LogP) is 2.43. The van der Waals surface area contributed by atoms with Crippen LogP contribution >= 0.6 is 0 Å². The predicted molar refractivity (Wildman–Crippen MR) is 120 cm³/mol. The van der Waals surface area contributed by atoms with Crippen LogP contribution in [-0.4, -0.2) is 67.3 Å². The molecule has 0 radical (unpaired) electrons. The molecular weight excluding hydrogens is 410 g/mol. The number of carboxylic acid groups (broad SMARTS) is 1. The second-order valence-electron chi connectivity index (χ2n) is 8.09. The Morgan fingerprint density at radius 3 is 2.03 bits per heavy atom. The summed E-state index contributed by atoms with van der Waals surface area (Å²) < 4.78 is 5.48. The van der Waals surface area contributed by atoms with Crippen LogP contribution in [0.3, 0.4) is 0 Å². The van der Waals surface area contributed by atoms with E-state index in [1.165, 1.54) is 0 Å². The number of benzene rings is 2. The zero-order valence-corrected chi connectivity index (χ0v) is 18.5. The Morgan fingerprint density at radius 2 is 1.53 bits per heavy atom. The van der Waals surface area contributed by atoms with Gasteiger partial charge >= 0.3 is 12.1 Å². The highest BCUT2D eigenvalue weighted by molar-refractivity contribution is 5.89. The smallest absolute Gasteiger partial charge is 0.407 e. The topological polar surface area (TPSA) is 108 Å². The van der Waals surface area contributed by atoms with Crippen molar-refractivity contribution in [2.24, 2.45) is 0 Å². The first-order valence-electron chi connectivity index (χ1n) is 10.6. The van der Waals surface area contributed by atoms with Crippen LogP contribution in [0.5, 0.6) is 0 Å². The molecule has 1 aliphatic rings. The van der Waals surface area contributed by atoms with E-state index in [1.807, 2.05) is 36.4 Å². The summed E-state index contributed by atoms with van der Waals surface area (Å²) in [4.78, 5) is 38.1. The highest BCUT2D eigenvalue weighted by atomic mass is 16.5. The van der Waals surface area contributed by atoms with E-state index in [9.17, 15) is 19.5 Å². The monoisotopic (exact) mass is 439 g/mol. The molecule has 170 valence electrons. The number of carbonyl (C=O) groups excluding carboxylic acids is 2. The molecule has 8 nitrogen and oxygen atoms in total. The molecule has 8 heteroatoms. The second kappa shape index (κ2) is 10.3. The number of nitrogens with zero attached hydrogens (tertiary/aromatic N) is 1. The van der Waals surface area contributed by atoms with Gasteiger partial charge in [0.15, 0.2) is 0 Å². The van der Waals surface area contributed by atoms with Gasteiger partial charge in [0.05, 0.1) is 0 Å². The molecular formula is C24H29N3O5. The Balaban J connectivity index is 1.61. The number of amides is 2. The van der Waals surface area contributed by atoms with E-state index in [2.05, 4.69) is 22.8 Å². The van der Waals surface area contributed by atoms with E-state index in [4.69, 9.17) is 4.74 Å². The van der Waals surface area contributed by atoms with Gasteiger partial charge in [-0.15, -0.1) is 0 Å². The molecule has 0 saturated carbocycles. The van der Waals surface area contributed by atoms with Crippen molar-refractivity contribution in [3.63, 3.8) is 0 Å². The molecule has 1 unspecified atom stereocenters. The molecule has 2 aromatic rings. The Kier molecular flexibility index (Phi) is 7.48. The van der Waals surface area contributed by atoms with Gasteiger partial charge in [-0.05, 0) is 42.8 Å². The van der Waals surface area contributed by atoms with Gasteiger partial charge in [-0.1, -0.05) is 55.5 Å². The normalized spacial score (nSPS) is 14.2. The lowest BCUT2D eigenvalue weighted by molar-refractivity contribution is -0.142. The van der Waals surface area contributed by atoms with E-state index >= 15 is 0 Å². The first-order chi connectivity index (χ1) is 15.3. The highest BCUT2D eigenvalue weighted by Crippen LogP contribution is 2.44. The fourth-order valence-electron chi connectivity index (χ4n) is 3.96. The average molecular weight is 440 g/mol. The summed E-state index contributed by atoms with van der Waals surface area (Å²) in [5.41, 5.74) is 4.45. The summed E-state index contributed by atoms with van der Waals surface area (Å²) in [7, 11) is 3.43. The van der Waals surface area contributed by atoms with E-state index < -0.39 is 30.1 Å². The van der Waals surface area contributed by atoms with E-state index in [0.717, 1.165) is 22.3 Å². The molecule has 0 spiro atoms. The lowest BCUT2D eigenvalue weighted by Crippen LogP contribution is -2.54. The Labute approximate surface area is 187 Å². The minimum absolute atomic E-state index is 0.0847. The maximum Gasteiger partial charge on any atom is 0.407 e. The molecule has 0 aliphatic heterocycles. The first kappa shape index (κ1) is 23.3. The number of likely N-dealkylation sites (N-methyl/N-ethyl adjacent to an activating group) is 1. The van der Waals surface area contributed by atoms with Crippen LogP contribution in [0.1, 0.15) is 30.4 Å². The number of rotatable bonds is 9. The number of carboxylic acids is 1. The molecule has 2 aromatic carbocycles. The summed E-state index contributed by atoms with van der Waals surface area (Å²) in [6.45, 7) is 2.01. The lowest BCUT2D eigenvalue weighted by atomic mass is 9.98. The van der Waals surface area contributed by atoms with Crippen LogP contribution in [-0.2, 0) is 14.3 Å². The van der Waals surface area contributed by atoms with Crippen LogP contribution in [0.15, 0.2) is 48.5 Å². The zero-order chi connectivity index (χ0) is 23.3. The summed E-state index contributed by atoms with van der Waals surface area (Å²) >= 11 is 0. The summed E-state index contributed by atoms with van der Waals surface area (Å²) in [5.74, 6) is -1.78. The van der Waals surface area contributed by atoms with E-state index in [1.54, 1.807) is 25.9 Å². The summed E-state index contributed by atoms with van der Waals surface area (Å²) in [6, 6.07) is 14.1. The zero-order valence-electron chi connectivity index (χ0n) is 18.5. The Morgan fingerprint density at radius 1 is 0.969 bits per heavy atom. The van der Waals surface area contributed by atoms with Crippen molar-refractivity contribution in [3.05, 3.63) is 59.7 Å². The number of carbonyl (C=O) groups is 3. The molecule has 0 saturated heterocycles. The van der Waals surface area contributed by atoms with Crippen molar-refractivity contribution in [1.82, 2.24) is 15.5 Å². The molecule has 0 bridgehead atoms. The number of fused-ring (bicyclic) bond motifs is 3. The van der Waals surface area contributed by atoms with Crippen molar-refractivity contribution in [3.8, 4) is 11.1 Å². The fourth-order valence-corrected chi connectivity index (χ4v) is 3.96. The van der Waals surface area contributed by atoms with Gasteiger partial charge in [-0.3, -0.25) is 4.79 Å². The van der Waals surface area contributed by atoms with Crippen molar-refractivity contribution < 1.29 is 24.2 Å². The number of nitrogens with one attached hydrogen (secondary N) is 2. The molecule has 32 heavy (non-hydrogen) atoms. The third-order valence-electron chi connectivity index (χ3n) is 5.52. The SMILES string of the molecule is CC[C@H](NC(=O)OCC1c2ccccc2-c2ccccc21)C(=O)NC(CN(C)C)C(=O)O.